The maximum Gasteiger partial charge on any atom is 0.141 e. The van der Waals surface area contributed by atoms with Gasteiger partial charge in [0.2, 0.25) is 0 Å². The number of nitrogens with zero attached hydrogens (tertiary/aromatic N) is 2. The van der Waals surface area contributed by atoms with Gasteiger partial charge in [-0.15, -0.1) is 0 Å². The Hall–Kier alpha value is -0.810. The van der Waals surface area contributed by atoms with Crippen LogP contribution in [-0.2, 0) is 6.54 Å². The summed E-state index contributed by atoms with van der Waals surface area (Å²) in [5.41, 5.74) is 0.899. The van der Waals surface area contributed by atoms with Crippen LogP contribution >= 0.6 is 11.8 Å². The maximum atomic E-state index is 13.2. The molecule has 0 fully saturated rings. The van der Waals surface area contributed by atoms with Gasteiger partial charge >= 0.3 is 0 Å². The van der Waals surface area contributed by atoms with E-state index in [4.69, 9.17) is 0 Å². The Morgan fingerprint density at radius 3 is 2.89 bits per heavy atom. The Labute approximate surface area is 113 Å². The van der Waals surface area contributed by atoms with Crippen LogP contribution in [0.5, 0.6) is 0 Å². The molecule has 0 aromatic carbocycles. The molecule has 0 saturated heterocycles. The third-order valence-electron chi connectivity index (χ3n) is 3.01. The summed E-state index contributed by atoms with van der Waals surface area (Å²) in [7, 11) is 3.87. The standard InChI is InChI=1S/C13H22FN3S/c1-10(5-6-18-4)17(3)13-11(8-15-2)7-12(14)9-16-13/h7,9-10,15H,5-6,8H2,1-4H3. The molecule has 0 saturated carbocycles. The van der Waals surface area contributed by atoms with E-state index < -0.39 is 0 Å². The van der Waals surface area contributed by atoms with Crippen LogP contribution in [0.1, 0.15) is 18.9 Å². The first kappa shape index (κ1) is 15.2. The molecule has 0 radical (unpaired) electrons. The highest BCUT2D eigenvalue weighted by Crippen LogP contribution is 2.20. The topological polar surface area (TPSA) is 28.2 Å². The lowest BCUT2D eigenvalue weighted by atomic mass is 10.2. The smallest absolute Gasteiger partial charge is 0.141 e. The molecular formula is C13H22FN3S. The number of aromatic nitrogens is 1. The van der Waals surface area contributed by atoms with E-state index in [1.54, 1.807) is 6.07 Å². The molecule has 0 bridgehead atoms. The lowest BCUT2D eigenvalue weighted by molar-refractivity contribution is 0.609. The highest BCUT2D eigenvalue weighted by atomic mass is 32.2. The van der Waals surface area contributed by atoms with Gasteiger partial charge in [-0.05, 0) is 38.5 Å². The lowest BCUT2D eigenvalue weighted by Crippen LogP contribution is -2.31. The molecule has 1 N–H and O–H groups in total. The van der Waals surface area contributed by atoms with Gasteiger partial charge in [-0.1, -0.05) is 0 Å². The first-order chi connectivity index (χ1) is 8.60. The quantitative estimate of drug-likeness (QED) is 0.825. The summed E-state index contributed by atoms with van der Waals surface area (Å²) < 4.78 is 13.2. The highest BCUT2D eigenvalue weighted by Gasteiger charge is 2.15. The van der Waals surface area contributed by atoms with E-state index in [-0.39, 0.29) is 5.82 Å². The molecule has 5 heteroatoms. The van der Waals surface area contributed by atoms with E-state index >= 15 is 0 Å². The molecule has 1 aromatic rings. The maximum absolute atomic E-state index is 13.2. The van der Waals surface area contributed by atoms with Crippen molar-refractivity contribution in [2.75, 3.05) is 31.0 Å². The van der Waals surface area contributed by atoms with Crippen LogP contribution in [0, 0.1) is 5.82 Å². The Morgan fingerprint density at radius 2 is 2.28 bits per heavy atom. The van der Waals surface area contributed by atoms with Crippen molar-refractivity contribution in [3.8, 4) is 0 Å². The van der Waals surface area contributed by atoms with Crippen molar-refractivity contribution in [1.29, 1.82) is 0 Å². The highest BCUT2D eigenvalue weighted by molar-refractivity contribution is 7.98. The van der Waals surface area contributed by atoms with Crippen molar-refractivity contribution in [3.63, 3.8) is 0 Å². The third kappa shape index (κ3) is 4.14. The summed E-state index contributed by atoms with van der Waals surface area (Å²) >= 11 is 1.84. The van der Waals surface area contributed by atoms with Gasteiger partial charge in [0.1, 0.15) is 11.6 Å². The summed E-state index contributed by atoms with van der Waals surface area (Å²) in [5.74, 6) is 1.70. The molecule has 1 atom stereocenters. The molecule has 0 spiro atoms. The predicted octanol–water partition coefficient (Wildman–Crippen LogP) is 2.52. The van der Waals surface area contributed by atoms with E-state index in [2.05, 4.69) is 28.4 Å². The number of rotatable bonds is 7. The second-order valence-electron chi connectivity index (χ2n) is 4.41. The van der Waals surface area contributed by atoms with E-state index in [1.807, 2.05) is 25.9 Å². The van der Waals surface area contributed by atoms with Crippen LogP contribution in [0.4, 0.5) is 10.2 Å². The van der Waals surface area contributed by atoms with E-state index in [0.29, 0.717) is 12.6 Å². The average Bonchev–Trinajstić information content (AvgIpc) is 2.36. The van der Waals surface area contributed by atoms with Gasteiger partial charge in [-0.3, -0.25) is 0 Å². The molecular weight excluding hydrogens is 249 g/mol. The summed E-state index contributed by atoms with van der Waals surface area (Å²) in [5, 5.41) is 3.05. The number of nitrogens with one attached hydrogen (secondary N) is 1. The Morgan fingerprint density at radius 1 is 1.56 bits per heavy atom. The van der Waals surface area contributed by atoms with Gasteiger partial charge in [0.25, 0.3) is 0 Å². The fourth-order valence-electron chi connectivity index (χ4n) is 1.80. The monoisotopic (exact) mass is 271 g/mol. The summed E-state index contributed by atoms with van der Waals surface area (Å²) in [6, 6.07) is 1.95. The number of halogens is 1. The molecule has 1 rings (SSSR count). The minimum absolute atomic E-state index is 0.283. The minimum atomic E-state index is -0.283. The van der Waals surface area contributed by atoms with Crippen LogP contribution in [0.15, 0.2) is 12.3 Å². The van der Waals surface area contributed by atoms with Crippen molar-refractivity contribution >= 4 is 17.6 Å². The number of anilines is 1. The van der Waals surface area contributed by atoms with E-state index in [0.717, 1.165) is 23.6 Å². The van der Waals surface area contributed by atoms with E-state index in [1.165, 1.54) is 6.20 Å². The summed E-state index contributed by atoms with van der Waals surface area (Å²) in [6.45, 7) is 2.80. The number of hydrogen-bond acceptors (Lipinski definition) is 4. The lowest BCUT2D eigenvalue weighted by Gasteiger charge is -2.27. The molecule has 0 amide bonds. The molecule has 1 aromatic heterocycles. The molecule has 18 heavy (non-hydrogen) atoms. The van der Waals surface area contributed by atoms with E-state index in [9.17, 15) is 4.39 Å². The summed E-state index contributed by atoms with van der Waals surface area (Å²) in [6.07, 6.45) is 4.48. The van der Waals surface area contributed by atoms with Crippen molar-refractivity contribution in [2.24, 2.45) is 0 Å². The molecule has 1 heterocycles. The number of thioether (sulfide) groups is 1. The third-order valence-corrected chi connectivity index (χ3v) is 3.66. The normalized spacial score (nSPS) is 12.5. The van der Waals surface area contributed by atoms with Crippen LogP contribution in [0.2, 0.25) is 0 Å². The van der Waals surface area contributed by atoms with Gasteiger partial charge < -0.3 is 10.2 Å². The van der Waals surface area contributed by atoms with Crippen LogP contribution < -0.4 is 10.2 Å². The second kappa shape index (κ2) is 7.59. The van der Waals surface area contributed by atoms with Gasteiger partial charge in [0.05, 0.1) is 6.20 Å². The fraction of sp³-hybridized carbons (Fsp3) is 0.615. The Kier molecular flexibility index (Phi) is 6.43. The van der Waals surface area contributed by atoms with Crippen molar-refractivity contribution < 1.29 is 4.39 Å². The number of pyridine rings is 1. The molecule has 0 aliphatic rings. The first-order valence-electron chi connectivity index (χ1n) is 6.11. The van der Waals surface area contributed by atoms with Crippen LogP contribution in [0.25, 0.3) is 0 Å². The molecule has 1 unspecified atom stereocenters. The number of hydrogen-bond donors (Lipinski definition) is 1. The largest absolute Gasteiger partial charge is 0.357 e. The van der Waals surface area contributed by atoms with Gasteiger partial charge in [-0.2, -0.15) is 11.8 Å². The Balaban J connectivity index is 2.86. The molecule has 3 nitrogen and oxygen atoms in total. The first-order valence-corrected chi connectivity index (χ1v) is 7.50. The molecule has 0 aliphatic carbocycles. The molecule has 102 valence electrons. The zero-order valence-electron chi connectivity index (χ0n) is 11.5. The van der Waals surface area contributed by atoms with Crippen molar-refractivity contribution in [1.82, 2.24) is 10.3 Å². The second-order valence-corrected chi connectivity index (χ2v) is 5.39. The predicted molar refractivity (Wildman–Crippen MR) is 77.8 cm³/mol. The van der Waals surface area contributed by atoms with Crippen molar-refractivity contribution in [3.05, 3.63) is 23.6 Å². The zero-order chi connectivity index (χ0) is 13.5. The fourth-order valence-corrected chi connectivity index (χ4v) is 2.38. The minimum Gasteiger partial charge on any atom is -0.357 e. The van der Waals surface area contributed by atoms with Crippen LogP contribution in [-0.4, -0.2) is 37.1 Å². The Bertz CT molecular complexity index is 373. The van der Waals surface area contributed by atoms with Crippen LogP contribution in [0.3, 0.4) is 0 Å². The average molecular weight is 271 g/mol. The van der Waals surface area contributed by atoms with Gasteiger partial charge in [0.15, 0.2) is 0 Å². The zero-order valence-corrected chi connectivity index (χ0v) is 12.4. The SMILES string of the molecule is CNCc1cc(F)cnc1N(C)C(C)CCSC. The molecule has 0 aliphatic heterocycles. The van der Waals surface area contributed by atoms with Gasteiger partial charge in [0, 0.05) is 25.2 Å². The van der Waals surface area contributed by atoms with Crippen molar-refractivity contribution in [2.45, 2.75) is 25.9 Å². The summed E-state index contributed by atoms with van der Waals surface area (Å²) in [4.78, 5) is 6.36. The van der Waals surface area contributed by atoms with Gasteiger partial charge in [-0.25, -0.2) is 9.37 Å².